The molecule has 0 saturated carbocycles. The van der Waals surface area contributed by atoms with Gasteiger partial charge in [0.1, 0.15) is 0 Å². The van der Waals surface area contributed by atoms with Gasteiger partial charge in [-0.15, -0.1) is 0 Å². The number of hydrogen-bond donors (Lipinski definition) is 1. The van der Waals surface area contributed by atoms with Crippen molar-refractivity contribution in [2.75, 3.05) is 26.4 Å². The zero-order valence-corrected chi connectivity index (χ0v) is 12.7. The lowest BCUT2D eigenvalue weighted by Crippen LogP contribution is -2.55. The summed E-state index contributed by atoms with van der Waals surface area (Å²) >= 11 is 0. The SMILES string of the molecule is CNC(=O)C1(C(C)(C)C)CCN(S(C)(=O)=O)CC1. The van der Waals surface area contributed by atoms with Gasteiger partial charge in [0.25, 0.3) is 0 Å². The predicted octanol–water partition coefficient (Wildman–Crippen LogP) is 0.820. The molecule has 1 aliphatic heterocycles. The van der Waals surface area contributed by atoms with Crippen LogP contribution in [0, 0.1) is 10.8 Å². The molecule has 1 N–H and O–H groups in total. The van der Waals surface area contributed by atoms with E-state index in [-0.39, 0.29) is 11.3 Å². The minimum atomic E-state index is -3.15. The molecule has 5 nitrogen and oxygen atoms in total. The zero-order chi connectivity index (χ0) is 14.2. The van der Waals surface area contributed by atoms with Gasteiger partial charge < -0.3 is 5.32 Å². The summed E-state index contributed by atoms with van der Waals surface area (Å²) < 4.78 is 24.5. The second-order valence-electron chi connectivity index (χ2n) is 6.07. The fraction of sp³-hybridized carbons (Fsp3) is 0.917. The van der Waals surface area contributed by atoms with Gasteiger partial charge in [0, 0.05) is 20.1 Å². The van der Waals surface area contributed by atoms with Crippen LogP contribution in [0.5, 0.6) is 0 Å². The third-order valence-electron chi connectivity index (χ3n) is 4.14. The van der Waals surface area contributed by atoms with Gasteiger partial charge in [-0.25, -0.2) is 12.7 Å². The maximum atomic E-state index is 12.2. The maximum absolute atomic E-state index is 12.2. The number of rotatable bonds is 2. The number of carbonyl (C=O) groups is 1. The van der Waals surface area contributed by atoms with Crippen LogP contribution >= 0.6 is 0 Å². The number of amides is 1. The van der Waals surface area contributed by atoms with Gasteiger partial charge in [-0.1, -0.05) is 20.8 Å². The van der Waals surface area contributed by atoms with Crippen molar-refractivity contribution in [3.05, 3.63) is 0 Å². The van der Waals surface area contributed by atoms with Crippen molar-refractivity contribution in [1.29, 1.82) is 0 Å². The Balaban J connectivity index is 2.98. The summed E-state index contributed by atoms with van der Waals surface area (Å²) in [5.74, 6) is 0.0168. The number of sulfonamides is 1. The maximum Gasteiger partial charge on any atom is 0.226 e. The summed E-state index contributed by atoms with van der Waals surface area (Å²) in [5.41, 5.74) is -0.667. The summed E-state index contributed by atoms with van der Waals surface area (Å²) in [6.07, 6.45) is 2.36. The molecular formula is C12H24N2O3S. The number of nitrogens with zero attached hydrogens (tertiary/aromatic N) is 1. The summed E-state index contributed by atoms with van der Waals surface area (Å²) in [5, 5.41) is 2.73. The highest BCUT2D eigenvalue weighted by Crippen LogP contribution is 2.47. The van der Waals surface area contributed by atoms with E-state index in [9.17, 15) is 13.2 Å². The van der Waals surface area contributed by atoms with Gasteiger partial charge in [0.2, 0.25) is 15.9 Å². The third-order valence-corrected chi connectivity index (χ3v) is 5.45. The summed E-state index contributed by atoms with van der Waals surface area (Å²) in [6, 6.07) is 0. The van der Waals surface area contributed by atoms with E-state index in [4.69, 9.17) is 0 Å². The van der Waals surface area contributed by atoms with E-state index in [0.717, 1.165) is 0 Å². The van der Waals surface area contributed by atoms with Crippen molar-refractivity contribution in [3.8, 4) is 0 Å². The molecule has 1 heterocycles. The largest absolute Gasteiger partial charge is 0.359 e. The monoisotopic (exact) mass is 276 g/mol. The molecule has 1 saturated heterocycles. The first-order valence-corrected chi connectivity index (χ1v) is 8.07. The average molecular weight is 276 g/mol. The molecule has 0 atom stereocenters. The highest BCUT2D eigenvalue weighted by atomic mass is 32.2. The van der Waals surface area contributed by atoms with Crippen molar-refractivity contribution in [2.24, 2.45) is 10.8 Å². The highest BCUT2D eigenvalue weighted by molar-refractivity contribution is 7.88. The van der Waals surface area contributed by atoms with Gasteiger partial charge in [-0.05, 0) is 18.3 Å². The quantitative estimate of drug-likeness (QED) is 0.812. The molecule has 1 amide bonds. The molecule has 0 bridgehead atoms. The Hall–Kier alpha value is -0.620. The van der Waals surface area contributed by atoms with E-state index in [1.165, 1.54) is 10.6 Å². The van der Waals surface area contributed by atoms with E-state index in [1.807, 2.05) is 20.8 Å². The lowest BCUT2D eigenvalue weighted by molar-refractivity contribution is -0.140. The first-order chi connectivity index (χ1) is 8.04. The number of hydrogen-bond acceptors (Lipinski definition) is 3. The van der Waals surface area contributed by atoms with Crippen molar-refractivity contribution in [2.45, 2.75) is 33.6 Å². The van der Waals surface area contributed by atoms with Crippen LogP contribution in [0.1, 0.15) is 33.6 Å². The molecule has 0 aromatic heterocycles. The number of nitrogens with one attached hydrogen (secondary N) is 1. The fourth-order valence-electron chi connectivity index (χ4n) is 2.76. The fourth-order valence-corrected chi connectivity index (χ4v) is 3.60. The molecule has 1 rings (SSSR count). The van der Waals surface area contributed by atoms with Crippen molar-refractivity contribution in [3.63, 3.8) is 0 Å². The van der Waals surface area contributed by atoms with Gasteiger partial charge >= 0.3 is 0 Å². The van der Waals surface area contributed by atoms with Gasteiger partial charge in [-0.3, -0.25) is 4.79 Å². The Labute approximate surface area is 110 Å². The number of piperidine rings is 1. The van der Waals surface area contributed by atoms with Crippen LogP contribution in [0.4, 0.5) is 0 Å². The van der Waals surface area contributed by atoms with Crippen LogP contribution in [0.3, 0.4) is 0 Å². The first kappa shape index (κ1) is 15.4. The Morgan fingerprint density at radius 3 is 1.94 bits per heavy atom. The Bertz CT molecular complexity index is 415. The molecule has 0 radical (unpaired) electrons. The van der Waals surface area contributed by atoms with Crippen LogP contribution in [-0.4, -0.2) is 45.0 Å². The molecule has 0 aromatic carbocycles. The summed E-state index contributed by atoms with van der Waals surface area (Å²) in [6.45, 7) is 6.96. The van der Waals surface area contributed by atoms with Crippen molar-refractivity contribution in [1.82, 2.24) is 9.62 Å². The summed E-state index contributed by atoms with van der Waals surface area (Å²) in [7, 11) is -1.51. The smallest absolute Gasteiger partial charge is 0.226 e. The standard InChI is InChI=1S/C12H24N2O3S/c1-11(2,3)12(10(15)13-4)6-8-14(9-7-12)18(5,16)17/h6-9H2,1-5H3,(H,13,15). The average Bonchev–Trinajstić information content (AvgIpc) is 2.25. The molecular weight excluding hydrogens is 252 g/mol. The summed E-state index contributed by atoms with van der Waals surface area (Å²) in [4.78, 5) is 12.2. The molecule has 1 aliphatic rings. The van der Waals surface area contributed by atoms with E-state index < -0.39 is 15.4 Å². The lowest BCUT2D eigenvalue weighted by atomic mass is 9.61. The zero-order valence-electron chi connectivity index (χ0n) is 11.9. The Morgan fingerprint density at radius 2 is 1.67 bits per heavy atom. The van der Waals surface area contributed by atoms with Crippen LogP contribution in [0.15, 0.2) is 0 Å². The van der Waals surface area contributed by atoms with E-state index in [1.54, 1.807) is 7.05 Å². The molecule has 0 aliphatic carbocycles. The van der Waals surface area contributed by atoms with E-state index in [2.05, 4.69) is 5.32 Å². The minimum absolute atomic E-state index is 0.0168. The second-order valence-corrected chi connectivity index (χ2v) is 8.06. The van der Waals surface area contributed by atoms with Gasteiger partial charge in [0.05, 0.1) is 11.7 Å². The van der Waals surface area contributed by atoms with Crippen molar-refractivity contribution < 1.29 is 13.2 Å². The normalized spacial score (nSPS) is 21.6. The Morgan fingerprint density at radius 1 is 1.22 bits per heavy atom. The molecule has 106 valence electrons. The van der Waals surface area contributed by atoms with E-state index in [0.29, 0.717) is 25.9 Å². The highest BCUT2D eigenvalue weighted by Gasteiger charge is 2.50. The van der Waals surface area contributed by atoms with Crippen LogP contribution in [-0.2, 0) is 14.8 Å². The minimum Gasteiger partial charge on any atom is -0.359 e. The van der Waals surface area contributed by atoms with Crippen LogP contribution in [0.2, 0.25) is 0 Å². The van der Waals surface area contributed by atoms with E-state index >= 15 is 0 Å². The molecule has 0 aromatic rings. The third kappa shape index (κ3) is 2.69. The molecule has 6 heteroatoms. The van der Waals surface area contributed by atoms with Crippen LogP contribution in [0.25, 0.3) is 0 Å². The van der Waals surface area contributed by atoms with Crippen LogP contribution < -0.4 is 5.32 Å². The van der Waals surface area contributed by atoms with Gasteiger partial charge in [0.15, 0.2) is 0 Å². The topological polar surface area (TPSA) is 66.5 Å². The number of carbonyl (C=O) groups excluding carboxylic acids is 1. The second kappa shape index (κ2) is 4.81. The molecule has 0 spiro atoms. The molecule has 18 heavy (non-hydrogen) atoms. The predicted molar refractivity (Wildman–Crippen MR) is 71.6 cm³/mol. The first-order valence-electron chi connectivity index (χ1n) is 6.22. The lowest BCUT2D eigenvalue weighted by Gasteiger charge is -2.47. The molecule has 1 fully saturated rings. The Kier molecular flexibility index (Phi) is 4.13. The van der Waals surface area contributed by atoms with Gasteiger partial charge in [-0.2, -0.15) is 0 Å². The molecule has 0 unspecified atom stereocenters. The van der Waals surface area contributed by atoms with Crippen molar-refractivity contribution >= 4 is 15.9 Å².